The van der Waals surface area contributed by atoms with Crippen molar-refractivity contribution < 1.29 is 9.47 Å². The van der Waals surface area contributed by atoms with E-state index in [2.05, 4.69) is 47.1 Å². The molecule has 0 radical (unpaired) electrons. The Balaban J connectivity index is 2.04. The zero-order valence-electron chi connectivity index (χ0n) is 11.1. The molecule has 100 valence electrons. The van der Waals surface area contributed by atoms with Gasteiger partial charge in [-0.25, -0.2) is 0 Å². The Morgan fingerprint density at radius 3 is 2.67 bits per heavy atom. The lowest BCUT2D eigenvalue weighted by atomic mass is 9.93. The van der Waals surface area contributed by atoms with Crippen LogP contribution < -0.4 is 0 Å². The molecule has 0 aliphatic carbocycles. The van der Waals surface area contributed by atoms with E-state index < -0.39 is 0 Å². The molecule has 0 amide bonds. The van der Waals surface area contributed by atoms with Gasteiger partial charge in [-0.15, -0.1) is 0 Å². The normalized spacial score (nSPS) is 25.3. The number of rotatable bonds is 5. The van der Waals surface area contributed by atoms with Crippen molar-refractivity contribution in [2.45, 2.75) is 36.6 Å². The van der Waals surface area contributed by atoms with E-state index in [0.717, 1.165) is 32.5 Å². The van der Waals surface area contributed by atoms with Gasteiger partial charge in [0.15, 0.2) is 0 Å². The fourth-order valence-electron chi connectivity index (χ4n) is 2.43. The second kappa shape index (κ2) is 6.18. The van der Waals surface area contributed by atoms with Gasteiger partial charge in [-0.1, -0.05) is 40.2 Å². The molecule has 2 atom stereocenters. The number of benzene rings is 1. The predicted octanol–water partition coefficient (Wildman–Crippen LogP) is 3.88. The van der Waals surface area contributed by atoms with Crippen LogP contribution in [-0.4, -0.2) is 25.9 Å². The summed E-state index contributed by atoms with van der Waals surface area (Å²) in [6.07, 6.45) is 3.25. The lowest BCUT2D eigenvalue weighted by molar-refractivity contribution is 0.0197. The second-order valence-corrected chi connectivity index (χ2v) is 6.03. The highest BCUT2D eigenvalue weighted by molar-refractivity contribution is 9.09. The van der Waals surface area contributed by atoms with Gasteiger partial charge in [-0.3, -0.25) is 0 Å². The predicted molar refractivity (Wildman–Crippen MR) is 77.3 cm³/mol. The summed E-state index contributed by atoms with van der Waals surface area (Å²) in [7, 11) is 1.74. The summed E-state index contributed by atoms with van der Waals surface area (Å²) in [5.74, 6) is 0. The molecule has 1 aromatic rings. The summed E-state index contributed by atoms with van der Waals surface area (Å²) in [6.45, 7) is 3.85. The van der Waals surface area contributed by atoms with Gasteiger partial charge in [0, 0.05) is 13.7 Å². The summed E-state index contributed by atoms with van der Waals surface area (Å²) < 4.78 is 11.0. The third kappa shape index (κ3) is 3.14. The molecule has 1 aliphatic rings. The second-order valence-electron chi connectivity index (χ2n) is 5.11. The molecule has 3 heteroatoms. The van der Waals surface area contributed by atoms with Gasteiger partial charge in [0.05, 0.1) is 17.0 Å². The maximum Gasteiger partial charge on any atom is 0.0820 e. The third-order valence-corrected chi connectivity index (χ3v) is 5.15. The monoisotopic (exact) mass is 312 g/mol. The summed E-state index contributed by atoms with van der Waals surface area (Å²) in [5, 5.41) is 0. The minimum absolute atomic E-state index is 0.0615. The van der Waals surface area contributed by atoms with E-state index >= 15 is 0 Å². The molecule has 1 heterocycles. The van der Waals surface area contributed by atoms with E-state index in [9.17, 15) is 0 Å². The lowest BCUT2D eigenvalue weighted by Crippen LogP contribution is -2.28. The molecule has 1 saturated heterocycles. The van der Waals surface area contributed by atoms with E-state index in [-0.39, 0.29) is 10.4 Å². The number of methoxy groups -OCH3 is 1. The third-order valence-electron chi connectivity index (χ3n) is 3.65. The molecule has 0 saturated carbocycles. The first kappa shape index (κ1) is 14.0. The van der Waals surface area contributed by atoms with E-state index in [1.165, 1.54) is 11.1 Å². The summed E-state index contributed by atoms with van der Waals surface area (Å²) in [4.78, 5) is 0.268. The van der Waals surface area contributed by atoms with Crippen LogP contribution in [0.4, 0.5) is 0 Å². The zero-order valence-corrected chi connectivity index (χ0v) is 12.7. The van der Waals surface area contributed by atoms with Crippen molar-refractivity contribution in [1.29, 1.82) is 0 Å². The fourth-order valence-corrected chi connectivity index (χ4v) is 3.09. The SMILES string of the molecule is COCCc1ccc(C(Br)C2(C)CCCO2)cc1. The van der Waals surface area contributed by atoms with Crippen LogP contribution >= 0.6 is 15.9 Å². The molecule has 0 spiro atoms. The van der Waals surface area contributed by atoms with Gasteiger partial charge in [0.25, 0.3) is 0 Å². The van der Waals surface area contributed by atoms with Gasteiger partial charge < -0.3 is 9.47 Å². The Kier molecular flexibility index (Phi) is 4.82. The highest BCUT2D eigenvalue weighted by Crippen LogP contribution is 2.42. The molecule has 0 bridgehead atoms. The van der Waals surface area contributed by atoms with Crippen molar-refractivity contribution in [1.82, 2.24) is 0 Å². The Labute approximate surface area is 118 Å². The van der Waals surface area contributed by atoms with Crippen molar-refractivity contribution >= 4 is 15.9 Å². The zero-order chi connectivity index (χ0) is 13.0. The van der Waals surface area contributed by atoms with Crippen molar-refractivity contribution in [3.8, 4) is 0 Å². The van der Waals surface area contributed by atoms with E-state index in [0.29, 0.717) is 0 Å². The highest BCUT2D eigenvalue weighted by Gasteiger charge is 2.37. The molecule has 0 N–H and O–H groups in total. The first-order valence-electron chi connectivity index (χ1n) is 6.51. The average Bonchev–Trinajstić information content (AvgIpc) is 2.84. The molecule has 2 unspecified atom stereocenters. The standard InChI is InChI=1S/C15H21BrO2/c1-15(9-3-10-18-15)14(16)13-6-4-12(5-7-13)8-11-17-2/h4-7,14H,3,8-11H2,1-2H3. The van der Waals surface area contributed by atoms with E-state index in [1.807, 2.05) is 0 Å². The molecular formula is C15H21BrO2. The molecule has 2 nitrogen and oxygen atoms in total. The summed E-state index contributed by atoms with van der Waals surface area (Å²) in [6, 6.07) is 8.75. The van der Waals surface area contributed by atoms with Gasteiger partial charge in [0.1, 0.15) is 0 Å². The highest BCUT2D eigenvalue weighted by atomic mass is 79.9. The number of halogens is 1. The van der Waals surface area contributed by atoms with Gasteiger partial charge in [-0.2, -0.15) is 0 Å². The Bertz CT molecular complexity index is 369. The molecule has 1 aliphatic heterocycles. The molecule has 2 rings (SSSR count). The minimum Gasteiger partial charge on any atom is -0.384 e. The summed E-state index contributed by atoms with van der Waals surface area (Å²) in [5.41, 5.74) is 2.55. The van der Waals surface area contributed by atoms with Gasteiger partial charge in [-0.05, 0) is 37.3 Å². The Hall–Kier alpha value is -0.380. The van der Waals surface area contributed by atoms with Crippen molar-refractivity contribution in [3.63, 3.8) is 0 Å². The minimum atomic E-state index is -0.0615. The Morgan fingerprint density at radius 2 is 2.11 bits per heavy atom. The topological polar surface area (TPSA) is 18.5 Å². The van der Waals surface area contributed by atoms with Crippen molar-refractivity contribution in [3.05, 3.63) is 35.4 Å². The molecular weight excluding hydrogens is 292 g/mol. The number of ether oxygens (including phenoxy) is 2. The maximum atomic E-state index is 5.88. The van der Waals surface area contributed by atoms with Crippen LogP contribution in [0.15, 0.2) is 24.3 Å². The van der Waals surface area contributed by atoms with Crippen LogP contribution in [0.5, 0.6) is 0 Å². The van der Waals surface area contributed by atoms with Crippen LogP contribution in [0.25, 0.3) is 0 Å². The van der Waals surface area contributed by atoms with Gasteiger partial charge in [0.2, 0.25) is 0 Å². The molecule has 1 aromatic carbocycles. The molecule has 1 fully saturated rings. The number of hydrogen-bond donors (Lipinski definition) is 0. The van der Waals surface area contributed by atoms with Gasteiger partial charge >= 0.3 is 0 Å². The molecule has 0 aromatic heterocycles. The van der Waals surface area contributed by atoms with Crippen molar-refractivity contribution in [2.75, 3.05) is 20.3 Å². The lowest BCUT2D eigenvalue weighted by Gasteiger charge is -2.29. The van der Waals surface area contributed by atoms with Crippen LogP contribution in [0.1, 0.15) is 35.7 Å². The van der Waals surface area contributed by atoms with Crippen molar-refractivity contribution in [2.24, 2.45) is 0 Å². The summed E-state index contributed by atoms with van der Waals surface area (Å²) >= 11 is 3.80. The smallest absolute Gasteiger partial charge is 0.0820 e. The average molecular weight is 313 g/mol. The van der Waals surface area contributed by atoms with Crippen LogP contribution in [0.3, 0.4) is 0 Å². The van der Waals surface area contributed by atoms with Crippen LogP contribution in [0.2, 0.25) is 0 Å². The van der Waals surface area contributed by atoms with E-state index in [1.54, 1.807) is 7.11 Å². The Morgan fingerprint density at radius 1 is 1.39 bits per heavy atom. The largest absolute Gasteiger partial charge is 0.384 e. The fraction of sp³-hybridized carbons (Fsp3) is 0.600. The van der Waals surface area contributed by atoms with Crippen LogP contribution in [-0.2, 0) is 15.9 Å². The van der Waals surface area contributed by atoms with Crippen LogP contribution in [0, 0.1) is 0 Å². The number of alkyl halides is 1. The quantitative estimate of drug-likeness (QED) is 0.768. The first-order valence-corrected chi connectivity index (χ1v) is 7.43. The maximum absolute atomic E-state index is 5.88. The molecule has 18 heavy (non-hydrogen) atoms. The number of hydrogen-bond acceptors (Lipinski definition) is 2. The first-order chi connectivity index (χ1) is 8.65. The van der Waals surface area contributed by atoms with E-state index in [4.69, 9.17) is 9.47 Å².